The van der Waals surface area contributed by atoms with Gasteiger partial charge in [0.15, 0.2) is 0 Å². The van der Waals surface area contributed by atoms with E-state index in [1.807, 2.05) is 78.9 Å². The molecule has 0 atom stereocenters. The zero-order valence-electron chi connectivity index (χ0n) is 17.9. The Morgan fingerprint density at radius 1 is 1.00 bits per heavy atom. The van der Waals surface area contributed by atoms with Crippen LogP contribution in [0.5, 0.6) is 11.5 Å². The fourth-order valence-electron chi connectivity index (χ4n) is 3.93. The van der Waals surface area contributed by atoms with E-state index in [0.717, 1.165) is 10.9 Å². The lowest BCUT2D eigenvalue weighted by molar-refractivity contribution is -0.114. The molecule has 0 radical (unpaired) electrons. The van der Waals surface area contributed by atoms with Crippen molar-refractivity contribution in [3.63, 3.8) is 0 Å². The van der Waals surface area contributed by atoms with Gasteiger partial charge in [0.1, 0.15) is 23.7 Å². The van der Waals surface area contributed by atoms with Gasteiger partial charge in [-0.1, -0.05) is 48.5 Å². The first kappa shape index (κ1) is 20.5. The van der Waals surface area contributed by atoms with Crippen molar-refractivity contribution in [1.82, 2.24) is 4.57 Å². The molecule has 0 saturated heterocycles. The van der Waals surface area contributed by atoms with Crippen molar-refractivity contribution in [2.24, 2.45) is 4.99 Å². The number of benzene rings is 3. The number of fused-ring (bicyclic) bond motifs is 3. The van der Waals surface area contributed by atoms with Crippen LogP contribution in [0.1, 0.15) is 18.2 Å². The minimum Gasteiger partial charge on any atom is -0.457 e. The first-order valence-electron chi connectivity index (χ1n) is 10.6. The molecule has 0 aliphatic carbocycles. The van der Waals surface area contributed by atoms with Gasteiger partial charge in [-0.3, -0.25) is 9.79 Å². The fraction of sp³-hybridized carbons (Fsp3) is 0.115. The van der Waals surface area contributed by atoms with Crippen molar-refractivity contribution in [3.8, 4) is 11.5 Å². The lowest BCUT2D eigenvalue weighted by atomic mass is 10.1. The number of ether oxygens (including phenoxy) is 2. The number of nitrogens with zero attached hydrogens (tertiary/aromatic N) is 2. The van der Waals surface area contributed by atoms with Crippen molar-refractivity contribution in [2.45, 2.75) is 6.92 Å². The van der Waals surface area contributed by atoms with Crippen LogP contribution in [0, 0.1) is 0 Å². The van der Waals surface area contributed by atoms with Gasteiger partial charge in [-0.05, 0) is 37.3 Å². The van der Waals surface area contributed by atoms with E-state index in [0.29, 0.717) is 34.1 Å². The number of para-hydroxylation sites is 2. The van der Waals surface area contributed by atoms with Crippen LogP contribution < -0.4 is 10.1 Å². The number of rotatable bonds is 4. The van der Waals surface area contributed by atoms with E-state index in [9.17, 15) is 9.59 Å². The SMILES string of the molecule is CCOC(=O)n1c2c(c3ccccc31)NC(=O)CN=C2c1cccc(Oc2ccccc2)c1. The Kier molecular flexibility index (Phi) is 5.36. The number of carbonyl (C=O) groups is 2. The summed E-state index contributed by atoms with van der Waals surface area (Å²) in [5, 5.41) is 3.66. The lowest BCUT2D eigenvalue weighted by Gasteiger charge is -2.13. The molecule has 7 heteroatoms. The summed E-state index contributed by atoms with van der Waals surface area (Å²) in [6, 6.07) is 24.3. The fourth-order valence-corrected chi connectivity index (χ4v) is 3.93. The zero-order chi connectivity index (χ0) is 22.8. The van der Waals surface area contributed by atoms with Crippen LogP contribution in [-0.2, 0) is 9.53 Å². The highest BCUT2D eigenvalue weighted by molar-refractivity contribution is 6.24. The van der Waals surface area contributed by atoms with Gasteiger partial charge >= 0.3 is 6.09 Å². The molecule has 0 saturated carbocycles. The Morgan fingerprint density at radius 3 is 2.58 bits per heavy atom. The first-order valence-corrected chi connectivity index (χ1v) is 10.6. The van der Waals surface area contributed by atoms with Crippen molar-refractivity contribution < 1.29 is 19.1 Å². The Balaban J connectivity index is 1.69. The summed E-state index contributed by atoms with van der Waals surface area (Å²) in [7, 11) is 0. The number of aliphatic imine (C=N–C) groups is 1. The Morgan fingerprint density at radius 2 is 1.76 bits per heavy atom. The molecule has 0 bridgehead atoms. The summed E-state index contributed by atoms with van der Waals surface area (Å²) in [6.07, 6.45) is -0.532. The summed E-state index contributed by atoms with van der Waals surface area (Å²) in [5.74, 6) is 1.07. The van der Waals surface area contributed by atoms with Gasteiger partial charge in [-0.2, -0.15) is 0 Å². The average molecular weight is 439 g/mol. The molecule has 3 aromatic carbocycles. The second kappa shape index (κ2) is 8.63. The summed E-state index contributed by atoms with van der Waals surface area (Å²) >= 11 is 0. The predicted molar refractivity (Wildman–Crippen MR) is 126 cm³/mol. The summed E-state index contributed by atoms with van der Waals surface area (Å²) in [4.78, 5) is 30.1. The Bertz CT molecular complexity index is 1390. The Hall–Kier alpha value is -4.39. The van der Waals surface area contributed by atoms with Gasteiger partial charge in [-0.25, -0.2) is 9.36 Å². The highest BCUT2D eigenvalue weighted by Gasteiger charge is 2.29. The molecule has 0 unspecified atom stereocenters. The predicted octanol–water partition coefficient (Wildman–Crippen LogP) is 5.23. The van der Waals surface area contributed by atoms with E-state index in [1.165, 1.54) is 4.57 Å². The minimum atomic E-state index is -0.532. The van der Waals surface area contributed by atoms with E-state index in [1.54, 1.807) is 6.92 Å². The summed E-state index contributed by atoms with van der Waals surface area (Å²) in [6.45, 7) is 1.91. The molecule has 1 aliphatic rings. The van der Waals surface area contributed by atoms with Gasteiger partial charge in [0, 0.05) is 10.9 Å². The van der Waals surface area contributed by atoms with E-state index in [4.69, 9.17) is 9.47 Å². The van der Waals surface area contributed by atoms with Gasteiger partial charge in [-0.15, -0.1) is 0 Å². The standard InChI is InChI=1S/C26H21N3O4/c1-2-32-26(31)29-21-14-7-6-13-20(21)24-25(29)23(27-16-22(30)28-24)17-9-8-12-19(15-17)33-18-10-4-3-5-11-18/h3-15H,2,16H2,1H3,(H,28,30). The first-order chi connectivity index (χ1) is 16.2. The quantitative estimate of drug-likeness (QED) is 0.472. The molecule has 1 aromatic heterocycles. The van der Waals surface area contributed by atoms with Crippen LogP contribution in [0.4, 0.5) is 10.5 Å². The lowest BCUT2D eigenvalue weighted by Crippen LogP contribution is -2.20. The molecule has 0 spiro atoms. The third kappa shape index (κ3) is 3.85. The largest absolute Gasteiger partial charge is 0.457 e. The summed E-state index contributed by atoms with van der Waals surface area (Å²) < 4.78 is 12.8. The molecule has 1 N–H and O–H groups in total. The van der Waals surface area contributed by atoms with Crippen LogP contribution in [0.3, 0.4) is 0 Å². The molecule has 4 aromatic rings. The number of anilines is 1. The molecular weight excluding hydrogens is 418 g/mol. The van der Waals surface area contributed by atoms with Gasteiger partial charge in [0.2, 0.25) is 5.91 Å². The van der Waals surface area contributed by atoms with Crippen LogP contribution in [0.2, 0.25) is 0 Å². The molecule has 1 aliphatic heterocycles. The third-order valence-corrected chi connectivity index (χ3v) is 5.28. The zero-order valence-corrected chi connectivity index (χ0v) is 17.9. The van der Waals surface area contributed by atoms with Gasteiger partial charge < -0.3 is 14.8 Å². The van der Waals surface area contributed by atoms with E-state index in [-0.39, 0.29) is 19.1 Å². The second-order valence-corrected chi connectivity index (χ2v) is 7.43. The van der Waals surface area contributed by atoms with E-state index >= 15 is 0 Å². The van der Waals surface area contributed by atoms with Crippen LogP contribution in [-0.4, -0.2) is 35.4 Å². The number of aromatic nitrogens is 1. The monoisotopic (exact) mass is 439 g/mol. The molecule has 164 valence electrons. The van der Waals surface area contributed by atoms with Crippen LogP contribution in [0.25, 0.3) is 10.9 Å². The third-order valence-electron chi connectivity index (χ3n) is 5.28. The highest BCUT2D eigenvalue weighted by Crippen LogP contribution is 2.35. The van der Waals surface area contributed by atoms with Gasteiger partial charge in [0.05, 0.1) is 23.5 Å². The molecule has 5 rings (SSSR count). The normalized spacial score (nSPS) is 13.0. The number of nitrogens with one attached hydrogen (secondary N) is 1. The molecule has 7 nitrogen and oxygen atoms in total. The molecule has 1 amide bonds. The second-order valence-electron chi connectivity index (χ2n) is 7.43. The molecule has 2 heterocycles. The van der Waals surface area contributed by atoms with E-state index in [2.05, 4.69) is 10.3 Å². The maximum Gasteiger partial charge on any atom is 0.419 e. The minimum absolute atomic E-state index is 0.0645. The number of hydrogen-bond acceptors (Lipinski definition) is 5. The topological polar surface area (TPSA) is 81.9 Å². The number of hydrogen-bond donors (Lipinski definition) is 1. The smallest absolute Gasteiger partial charge is 0.419 e. The number of amides is 1. The maximum atomic E-state index is 13.0. The molecule has 33 heavy (non-hydrogen) atoms. The molecular formula is C26H21N3O4. The molecule has 0 fully saturated rings. The Labute approximate surface area is 190 Å². The van der Waals surface area contributed by atoms with Crippen LogP contribution >= 0.6 is 0 Å². The van der Waals surface area contributed by atoms with Gasteiger partial charge in [0.25, 0.3) is 0 Å². The maximum absolute atomic E-state index is 13.0. The average Bonchev–Trinajstić information content (AvgIpc) is 3.04. The number of carbonyl (C=O) groups excluding carboxylic acids is 2. The van der Waals surface area contributed by atoms with Crippen LogP contribution in [0.15, 0.2) is 83.9 Å². The summed E-state index contributed by atoms with van der Waals surface area (Å²) in [5.41, 5.74) is 2.87. The van der Waals surface area contributed by atoms with Crippen molar-refractivity contribution in [1.29, 1.82) is 0 Å². The van der Waals surface area contributed by atoms with Crippen molar-refractivity contribution in [3.05, 3.63) is 90.1 Å². The van der Waals surface area contributed by atoms with Crippen molar-refractivity contribution in [2.75, 3.05) is 18.5 Å². The highest BCUT2D eigenvalue weighted by atomic mass is 16.5. The van der Waals surface area contributed by atoms with E-state index < -0.39 is 6.09 Å². The van der Waals surface area contributed by atoms with Crippen molar-refractivity contribution >= 4 is 34.3 Å².